The highest BCUT2D eigenvalue weighted by molar-refractivity contribution is 9.10. The molecule has 0 fully saturated rings. The van der Waals surface area contributed by atoms with Crippen LogP contribution >= 0.6 is 15.9 Å². The summed E-state index contributed by atoms with van der Waals surface area (Å²) in [6, 6.07) is 10.6. The summed E-state index contributed by atoms with van der Waals surface area (Å²) in [5.74, 6) is 0.643. The summed E-state index contributed by atoms with van der Waals surface area (Å²) in [7, 11) is 0. The van der Waals surface area contributed by atoms with E-state index in [-0.39, 0.29) is 5.82 Å². The van der Waals surface area contributed by atoms with E-state index >= 15 is 0 Å². The Balaban J connectivity index is 2.30. The zero-order valence-corrected chi connectivity index (χ0v) is 12.5. The van der Waals surface area contributed by atoms with Crippen molar-refractivity contribution in [2.75, 3.05) is 5.73 Å². The highest BCUT2D eigenvalue weighted by Crippen LogP contribution is 2.26. The van der Waals surface area contributed by atoms with Crippen LogP contribution in [0.3, 0.4) is 0 Å². The van der Waals surface area contributed by atoms with E-state index in [2.05, 4.69) is 20.9 Å². The summed E-state index contributed by atoms with van der Waals surface area (Å²) in [4.78, 5) is 4.59. The number of aromatic nitrogens is 2. The summed E-state index contributed by atoms with van der Waals surface area (Å²) < 4.78 is 15.9. The van der Waals surface area contributed by atoms with E-state index in [4.69, 9.17) is 5.73 Å². The molecule has 0 atom stereocenters. The Kier molecular flexibility index (Phi) is 3.22. The molecular weight excluding hydrogens is 321 g/mol. The van der Waals surface area contributed by atoms with Gasteiger partial charge in [-0.15, -0.1) is 0 Å². The van der Waals surface area contributed by atoms with Crippen LogP contribution in [-0.2, 0) is 6.42 Å². The molecular formula is C15H13BrFN3. The molecule has 0 radical (unpaired) electrons. The molecule has 3 rings (SSSR count). The van der Waals surface area contributed by atoms with Crippen molar-refractivity contribution >= 4 is 32.7 Å². The van der Waals surface area contributed by atoms with Gasteiger partial charge in [0.25, 0.3) is 0 Å². The molecule has 0 saturated heterocycles. The van der Waals surface area contributed by atoms with Crippen molar-refractivity contribution < 1.29 is 4.39 Å². The first-order valence-electron chi connectivity index (χ1n) is 6.32. The number of imidazole rings is 1. The molecule has 0 aliphatic heterocycles. The number of fused-ring (bicyclic) bond motifs is 1. The van der Waals surface area contributed by atoms with E-state index in [0.29, 0.717) is 10.2 Å². The van der Waals surface area contributed by atoms with Crippen LogP contribution in [-0.4, -0.2) is 9.55 Å². The third-order valence-electron chi connectivity index (χ3n) is 3.23. The van der Waals surface area contributed by atoms with Gasteiger partial charge in [0.15, 0.2) is 0 Å². The first-order valence-corrected chi connectivity index (χ1v) is 7.11. The van der Waals surface area contributed by atoms with Crippen LogP contribution in [0.2, 0.25) is 0 Å². The number of anilines is 1. The fourth-order valence-corrected chi connectivity index (χ4v) is 2.66. The summed E-state index contributed by atoms with van der Waals surface area (Å²) >= 11 is 3.23. The van der Waals surface area contributed by atoms with Gasteiger partial charge in [0.2, 0.25) is 0 Å². The van der Waals surface area contributed by atoms with Gasteiger partial charge in [-0.3, -0.25) is 4.57 Å². The van der Waals surface area contributed by atoms with Crippen LogP contribution in [0.25, 0.3) is 16.7 Å². The standard InChI is InChI=1S/C15H13BrFN3/c1-2-15-19-13-7-9(18)3-6-14(13)20(15)10-4-5-12(17)11(16)8-10/h3-8H,2,18H2,1H3. The third kappa shape index (κ3) is 2.08. The molecule has 0 aliphatic carbocycles. The lowest BCUT2D eigenvalue weighted by molar-refractivity contribution is 0.620. The summed E-state index contributed by atoms with van der Waals surface area (Å²) in [5.41, 5.74) is 9.18. The number of rotatable bonds is 2. The zero-order chi connectivity index (χ0) is 14.3. The number of aryl methyl sites for hydroxylation is 1. The topological polar surface area (TPSA) is 43.8 Å². The van der Waals surface area contributed by atoms with Crippen molar-refractivity contribution in [3.63, 3.8) is 0 Å². The predicted octanol–water partition coefficient (Wildman–Crippen LogP) is 4.07. The second-order valence-electron chi connectivity index (χ2n) is 4.56. The van der Waals surface area contributed by atoms with Gasteiger partial charge in [-0.25, -0.2) is 9.37 Å². The molecule has 3 nitrogen and oxygen atoms in total. The maximum absolute atomic E-state index is 13.4. The van der Waals surface area contributed by atoms with Crippen molar-refractivity contribution in [1.82, 2.24) is 9.55 Å². The monoisotopic (exact) mass is 333 g/mol. The number of benzene rings is 2. The first kappa shape index (κ1) is 13.1. The van der Waals surface area contributed by atoms with Gasteiger partial charge in [0.1, 0.15) is 11.6 Å². The minimum absolute atomic E-state index is 0.277. The molecule has 20 heavy (non-hydrogen) atoms. The minimum Gasteiger partial charge on any atom is -0.399 e. The fraction of sp³-hybridized carbons (Fsp3) is 0.133. The smallest absolute Gasteiger partial charge is 0.137 e. The Morgan fingerprint density at radius 3 is 2.75 bits per heavy atom. The summed E-state index contributed by atoms with van der Waals surface area (Å²) in [5, 5.41) is 0. The highest BCUT2D eigenvalue weighted by Gasteiger charge is 2.12. The van der Waals surface area contributed by atoms with Gasteiger partial charge < -0.3 is 5.73 Å². The summed E-state index contributed by atoms with van der Waals surface area (Å²) in [6.07, 6.45) is 0.781. The Labute approximate surface area is 124 Å². The Morgan fingerprint density at radius 1 is 1.25 bits per heavy atom. The average molecular weight is 334 g/mol. The lowest BCUT2D eigenvalue weighted by Gasteiger charge is -2.09. The van der Waals surface area contributed by atoms with Crippen molar-refractivity contribution in [2.45, 2.75) is 13.3 Å². The van der Waals surface area contributed by atoms with Gasteiger partial charge >= 0.3 is 0 Å². The number of nitrogens with zero attached hydrogens (tertiary/aromatic N) is 2. The van der Waals surface area contributed by atoms with E-state index in [1.807, 2.05) is 29.7 Å². The third-order valence-corrected chi connectivity index (χ3v) is 3.83. The quantitative estimate of drug-likeness (QED) is 0.718. The number of halogens is 2. The SMILES string of the molecule is CCc1nc2cc(N)ccc2n1-c1ccc(F)c(Br)c1. The van der Waals surface area contributed by atoms with Crippen LogP contribution in [0.4, 0.5) is 10.1 Å². The highest BCUT2D eigenvalue weighted by atomic mass is 79.9. The normalized spacial score (nSPS) is 11.2. The van der Waals surface area contributed by atoms with E-state index in [0.717, 1.165) is 29.0 Å². The van der Waals surface area contributed by atoms with E-state index in [9.17, 15) is 4.39 Å². The van der Waals surface area contributed by atoms with E-state index < -0.39 is 0 Å². The van der Waals surface area contributed by atoms with Gasteiger partial charge in [-0.2, -0.15) is 0 Å². The van der Waals surface area contributed by atoms with E-state index in [1.165, 1.54) is 6.07 Å². The molecule has 3 aromatic rings. The molecule has 0 bridgehead atoms. The molecule has 2 aromatic carbocycles. The van der Waals surface area contributed by atoms with Crippen molar-refractivity contribution in [2.24, 2.45) is 0 Å². The second kappa shape index (κ2) is 4.90. The Bertz CT molecular complexity index is 795. The molecule has 2 N–H and O–H groups in total. The van der Waals surface area contributed by atoms with Crippen LogP contribution in [0.5, 0.6) is 0 Å². The number of nitrogen functional groups attached to an aromatic ring is 1. The number of hydrogen-bond donors (Lipinski definition) is 1. The Morgan fingerprint density at radius 2 is 2.05 bits per heavy atom. The number of nitrogens with two attached hydrogens (primary N) is 1. The van der Waals surface area contributed by atoms with Crippen molar-refractivity contribution in [3.05, 3.63) is 52.5 Å². The van der Waals surface area contributed by atoms with Crippen LogP contribution < -0.4 is 5.73 Å². The van der Waals surface area contributed by atoms with Gasteiger partial charge in [0.05, 0.1) is 15.5 Å². The van der Waals surface area contributed by atoms with Gasteiger partial charge in [-0.05, 0) is 52.3 Å². The first-order chi connectivity index (χ1) is 9.60. The second-order valence-corrected chi connectivity index (χ2v) is 5.42. The lowest BCUT2D eigenvalue weighted by atomic mass is 10.2. The average Bonchev–Trinajstić information content (AvgIpc) is 2.79. The molecule has 0 saturated carbocycles. The fourth-order valence-electron chi connectivity index (χ4n) is 2.30. The zero-order valence-electron chi connectivity index (χ0n) is 10.9. The minimum atomic E-state index is -0.277. The molecule has 102 valence electrons. The van der Waals surface area contributed by atoms with Crippen molar-refractivity contribution in [3.8, 4) is 5.69 Å². The van der Waals surface area contributed by atoms with Crippen LogP contribution in [0.15, 0.2) is 40.9 Å². The maximum atomic E-state index is 13.4. The molecule has 0 spiro atoms. The van der Waals surface area contributed by atoms with E-state index in [1.54, 1.807) is 12.1 Å². The molecule has 1 heterocycles. The van der Waals surface area contributed by atoms with Crippen LogP contribution in [0, 0.1) is 5.82 Å². The van der Waals surface area contributed by atoms with Crippen LogP contribution in [0.1, 0.15) is 12.7 Å². The molecule has 0 aliphatic rings. The Hall–Kier alpha value is -1.88. The molecule has 1 aromatic heterocycles. The van der Waals surface area contributed by atoms with Gasteiger partial charge in [-0.1, -0.05) is 6.92 Å². The predicted molar refractivity (Wildman–Crippen MR) is 82.5 cm³/mol. The van der Waals surface area contributed by atoms with Gasteiger partial charge in [0, 0.05) is 17.8 Å². The molecule has 5 heteroatoms. The maximum Gasteiger partial charge on any atom is 0.137 e. The largest absolute Gasteiger partial charge is 0.399 e. The molecule has 0 unspecified atom stereocenters. The van der Waals surface area contributed by atoms with Crippen molar-refractivity contribution in [1.29, 1.82) is 0 Å². The summed E-state index contributed by atoms with van der Waals surface area (Å²) in [6.45, 7) is 2.04. The molecule has 0 amide bonds. The lowest BCUT2D eigenvalue weighted by Crippen LogP contribution is -2.00. The number of hydrogen-bond acceptors (Lipinski definition) is 2.